The number of aliphatic hydroxyl groups excluding tert-OH is 7. The SMILES string of the molecule is CCCCCCCCCCCCCCCCCCCCC/C=C/CC/C=C/CCCC(O)C(O)C(COC1OC(CO)C(O)C(O)C1O)NC(=O)C(O)CCCCCCCCCCCCCCCCCCCCCCCC. The van der Waals surface area contributed by atoms with Crippen molar-refractivity contribution in [3.05, 3.63) is 24.3 Å². The molecule has 0 aromatic carbocycles. The second-order valence-electron chi connectivity index (χ2n) is 23.5. The van der Waals surface area contributed by atoms with E-state index in [0.29, 0.717) is 19.3 Å². The molecule has 1 amide bonds. The van der Waals surface area contributed by atoms with Gasteiger partial charge in [0.25, 0.3) is 0 Å². The van der Waals surface area contributed by atoms with Gasteiger partial charge in [-0.3, -0.25) is 4.79 Å². The van der Waals surface area contributed by atoms with E-state index in [4.69, 9.17) is 9.47 Å². The Balaban J connectivity index is 2.26. The highest BCUT2D eigenvalue weighted by Gasteiger charge is 2.44. The minimum Gasteiger partial charge on any atom is -0.394 e. The summed E-state index contributed by atoms with van der Waals surface area (Å²) < 4.78 is 11.2. The van der Waals surface area contributed by atoms with Gasteiger partial charge in [-0.15, -0.1) is 0 Å². The number of hydrogen-bond donors (Lipinski definition) is 8. The maximum Gasteiger partial charge on any atom is 0.249 e. The van der Waals surface area contributed by atoms with E-state index in [1.54, 1.807) is 0 Å². The Kier molecular flexibility index (Phi) is 52.7. The number of ether oxygens (including phenoxy) is 2. The van der Waals surface area contributed by atoms with Crippen molar-refractivity contribution in [1.82, 2.24) is 5.32 Å². The summed E-state index contributed by atoms with van der Waals surface area (Å²) in [6, 6.07) is -1.19. The zero-order valence-electron chi connectivity index (χ0n) is 50.2. The van der Waals surface area contributed by atoms with Crippen LogP contribution in [0.1, 0.15) is 322 Å². The summed E-state index contributed by atoms with van der Waals surface area (Å²) in [5.41, 5.74) is 0. The molecule has 9 unspecified atom stereocenters. The van der Waals surface area contributed by atoms with Gasteiger partial charge in [0.2, 0.25) is 5.91 Å². The average Bonchev–Trinajstić information content (AvgIpc) is 3.43. The minimum absolute atomic E-state index is 0.249. The lowest BCUT2D eigenvalue weighted by molar-refractivity contribution is -0.303. The van der Waals surface area contributed by atoms with E-state index in [-0.39, 0.29) is 12.8 Å². The second-order valence-corrected chi connectivity index (χ2v) is 23.5. The van der Waals surface area contributed by atoms with Crippen LogP contribution in [0.5, 0.6) is 0 Å². The van der Waals surface area contributed by atoms with Crippen LogP contribution in [0.4, 0.5) is 0 Å². The highest BCUT2D eigenvalue weighted by molar-refractivity contribution is 5.80. The van der Waals surface area contributed by atoms with E-state index in [0.717, 1.165) is 38.5 Å². The van der Waals surface area contributed by atoms with Gasteiger partial charge in [-0.25, -0.2) is 0 Å². The number of carbonyl (C=O) groups excluding carboxylic acids is 1. The Morgan fingerprint density at radius 2 is 0.779 bits per heavy atom. The van der Waals surface area contributed by atoms with E-state index >= 15 is 0 Å². The molecule has 0 aromatic heterocycles. The van der Waals surface area contributed by atoms with Crippen LogP contribution in [0.2, 0.25) is 0 Å². The van der Waals surface area contributed by atoms with Crippen molar-refractivity contribution in [3.8, 4) is 0 Å². The Bertz CT molecular complexity index is 1300. The van der Waals surface area contributed by atoms with Gasteiger partial charge in [0.1, 0.15) is 36.6 Å². The molecule has 1 aliphatic heterocycles. The van der Waals surface area contributed by atoms with Crippen molar-refractivity contribution in [2.24, 2.45) is 0 Å². The molecule has 1 rings (SSSR count). The maximum atomic E-state index is 13.2. The van der Waals surface area contributed by atoms with Gasteiger partial charge < -0.3 is 50.5 Å². The highest BCUT2D eigenvalue weighted by Crippen LogP contribution is 2.24. The van der Waals surface area contributed by atoms with Crippen LogP contribution < -0.4 is 5.32 Å². The quantitative estimate of drug-likeness (QED) is 0.0215. The van der Waals surface area contributed by atoms with Crippen LogP contribution in [0, 0.1) is 0 Å². The molecule has 11 heteroatoms. The fourth-order valence-corrected chi connectivity index (χ4v) is 10.9. The Morgan fingerprint density at radius 1 is 0.442 bits per heavy atom. The predicted molar refractivity (Wildman–Crippen MR) is 321 cm³/mol. The third-order valence-electron chi connectivity index (χ3n) is 16.2. The molecule has 1 aliphatic rings. The summed E-state index contributed by atoms with van der Waals surface area (Å²) in [6.45, 7) is 3.49. The number of aliphatic hydroxyl groups is 7. The van der Waals surface area contributed by atoms with Crippen LogP contribution in [-0.2, 0) is 14.3 Å². The molecule has 11 nitrogen and oxygen atoms in total. The molecule has 0 radical (unpaired) electrons. The molecule has 0 spiro atoms. The molecule has 1 fully saturated rings. The molecule has 1 heterocycles. The molecule has 1 saturated heterocycles. The first kappa shape index (κ1) is 73.6. The van der Waals surface area contributed by atoms with Crippen molar-refractivity contribution < 1.29 is 50.0 Å². The van der Waals surface area contributed by atoms with Gasteiger partial charge in [-0.05, 0) is 51.4 Å². The second kappa shape index (κ2) is 55.1. The molecule has 8 N–H and O–H groups in total. The first-order chi connectivity index (χ1) is 37.7. The largest absolute Gasteiger partial charge is 0.394 e. The molecular formula is C66H127NO10. The fourth-order valence-electron chi connectivity index (χ4n) is 10.9. The van der Waals surface area contributed by atoms with Gasteiger partial charge in [-0.2, -0.15) is 0 Å². The van der Waals surface area contributed by atoms with Gasteiger partial charge >= 0.3 is 0 Å². The lowest BCUT2D eigenvalue weighted by Crippen LogP contribution is -2.60. The first-order valence-electron chi connectivity index (χ1n) is 33.2. The zero-order chi connectivity index (χ0) is 56.1. The summed E-state index contributed by atoms with van der Waals surface area (Å²) in [5.74, 6) is -0.704. The van der Waals surface area contributed by atoms with E-state index in [2.05, 4.69) is 43.5 Å². The monoisotopic (exact) mass is 1090 g/mol. The van der Waals surface area contributed by atoms with Crippen molar-refractivity contribution in [3.63, 3.8) is 0 Å². The maximum absolute atomic E-state index is 13.2. The Labute approximate surface area is 474 Å². The molecule has 77 heavy (non-hydrogen) atoms. The van der Waals surface area contributed by atoms with Gasteiger partial charge in [0, 0.05) is 0 Å². The van der Waals surface area contributed by atoms with E-state index in [9.17, 15) is 40.5 Å². The standard InChI is InChI=1S/C66H127NO10/c1-3-5-7-9-11-13-15-17-19-21-23-25-27-28-29-30-31-32-34-35-37-39-41-43-45-47-49-51-53-58(69)61(71)57(56-76-66-64(74)63(73)62(72)60(55-68)77-66)67-65(75)59(70)54-52-50-48-46-44-42-40-38-36-33-26-24-22-20-18-16-14-12-10-8-6-4-2/h37,39,45,47,57-64,66,68-74H,3-36,38,40-44,46,48-56H2,1-2H3,(H,67,75)/b39-37+,47-45+. The molecule has 9 atom stereocenters. The average molecular weight is 1090 g/mol. The van der Waals surface area contributed by atoms with Crippen molar-refractivity contribution in [2.75, 3.05) is 13.2 Å². The lowest BCUT2D eigenvalue weighted by atomic mass is 9.98. The van der Waals surface area contributed by atoms with E-state index in [1.165, 1.54) is 238 Å². The predicted octanol–water partition coefficient (Wildman–Crippen LogP) is 15.2. The summed E-state index contributed by atoms with van der Waals surface area (Å²) in [7, 11) is 0. The number of amides is 1. The fraction of sp³-hybridized carbons (Fsp3) is 0.924. The number of carbonyl (C=O) groups is 1. The number of nitrogens with one attached hydrogen (secondary N) is 1. The zero-order valence-corrected chi connectivity index (χ0v) is 50.2. The van der Waals surface area contributed by atoms with E-state index < -0.39 is 74.2 Å². The summed E-state index contributed by atoms with van der Waals surface area (Å²) in [5, 5.41) is 76.4. The minimum atomic E-state index is -1.67. The summed E-state index contributed by atoms with van der Waals surface area (Å²) in [6.07, 6.45) is 56.8. The smallest absolute Gasteiger partial charge is 0.249 e. The molecule has 0 aromatic rings. The summed E-state index contributed by atoms with van der Waals surface area (Å²) in [4.78, 5) is 13.2. The summed E-state index contributed by atoms with van der Waals surface area (Å²) >= 11 is 0. The number of hydrogen-bond acceptors (Lipinski definition) is 10. The highest BCUT2D eigenvalue weighted by atomic mass is 16.7. The molecule has 456 valence electrons. The van der Waals surface area contributed by atoms with Crippen LogP contribution in [0.25, 0.3) is 0 Å². The van der Waals surface area contributed by atoms with Crippen LogP contribution in [0.3, 0.4) is 0 Å². The molecule has 0 aliphatic carbocycles. The number of unbranched alkanes of at least 4 members (excludes halogenated alkanes) is 42. The topological polar surface area (TPSA) is 189 Å². The number of allylic oxidation sites excluding steroid dienone is 4. The van der Waals surface area contributed by atoms with Gasteiger partial charge in [0.05, 0.1) is 25.4 Å². The van der Waals surface area contributed by atoms with Crippen molar-refractivity contribution in [1.29, 1.82) is 0 Å². The Morgan fingerprint density at radius 3 is 1.16 bits per heavy atom. The van der Waals surface area contributed by atoms with Crippen molar-refractivity contribution in [2.45, 2.75) is 377 Å². The number of rotatable bonds is 58. The Hall–Kier alpha value is -1.41. The lowest BCUT2D eigenvalue weighted by Gasteiger charge is -2.40. The molecular weight excluding hydrogens is 967 g/mol. The van der Waals surface area contributed by atoms with Crippen LogP contribution in [-0.4, -0.2) is 110 Å². The molecule has 0 saturated carbocycles. The first-order valence-corrected chi connectivity index (χ1v) is 33.2. The van der Waals surface area contributed by atoms with Crippen LogP contribution in [0.15, 0.2) is 24.3 Å². The van der Waals surface area contributed by atoms with E-state index in [1.807, 2.05) is 0 Å². The van der Waals surface area contributed by atoms with Crippen molar-refractivity contribution >= 4 is 5.91 Å². The third kappa shape index (κ3) is 43.0. The third-order valence-corrected chi connectivity index (χ3v) is 16.2. The normalized spacial score (nSPS) is 19.6. The van der Waals surface area contributed by atoms with Gasteiger partial charge in [0.15, 0.2) is 6.29 Å². The van der Waals surface area contributed by atoms with Crippen LogP contribution >= 0.6 is 0 Å². The molecule has 0 bridgehead atoms. The van der Waals surface area contributed by atoms with Gasteiger partial charge in [-0.1, -0.05) is 295 Å².